The molecular weight excluding hydrogens is 518 g/mol. The van der Waals surface area contributed by atoms with Gasteiger partial charge in [-0.1, -0.05) is 12.1 Å². The van der Waals surface area contributed by atoms with E-state index in [2.05, 4.69) is 20.5 Å². The van der Waals surface area contributed by atoms with Crippen LogP contribution in [0.15, 0.2) is 36.8 Å². The first-order valence-corrected chi connectivity index (χ1v) is 14.2. The second kappa shape index (κ2) is 9.35. The number of benzene rings is 1. The summed E-state index contributed by atoms with van der Waals surface area (Å²) in [6.45, 7) is 6.02. The average Bonchev–Trinajstić information content (AvgIpc) is 3.64. The smallest absolute Gasteiger partial charge is 0.346 e. The van der Waals surface area contributed by atoms with Gasteiger partial charge in [0.2, 0.25) is 0 Å². The number of carboxylic acids is 1. The lowest BCUT2D eigenvalue weighted by molar-refractivity contribution is -0.0720. The van der Waals surface area contributed by atoms with E-state index >= 15 is 0 Å². The highest BCUT2D eigenvalue weighted by molar-refractivity contribution is 7.20. The SMILES string of the molecule is Cn1cnc([C@@]2(C)Oc3cccc(C4CCN(Cc5nc6sc(C(=O)O)cc6n5C[C@@H]5CCO5)CC4)c3O2)c1. The van der Waals surface area contributed by atoms with E-state index in [0.717, 1.165) is 78.9 Å². The monoisotopic (exact) mass is 549 g/mol. The summed E-state index contributed by atoms with van der Waals surface area (Å²) < 4.78 is 22.5. The molecule has 0 aliphatic carbocycles. The number of hydrogen-bond acceptors (Lipinski definition) is 8. The van der Waals surface area contributed by atoms with Crippen molar-refractivity contribution in [1.29, 1.82) is 0 Å². The number of nitrogens with zero attached hydrogens (tertiary/aromatic N) is 5. The zero-order chi connectivity index (χ0) is 26.7. The molecule has 2 atom stereocenters. The van der Waals surface area contributed by atoms with Gasteiger partial charge in [0.1, 0.15) is 21.2 Å². The van der Waals surface area contributed by atoms with Crippen LogP contribution in [0.3, 0.4) is 0 Å². The van der Waals surface area contributed by atoms with Crippen molar-refractivity contribution in [3.63, 3.8) is 0 Å². The van der Waals surface area contributed by atoms with Crippen molar-refractivity contribution in [1.82, 2.24) is 24.0 Å². The molecule has 0 amide bonds. The number of rotatable bonds is 7. The Morgan fingerprint density at radius 2 is 2.05 bits per heavy atom. The summed E-state index contributed by atoms with van der Waals surface area (Å²) in [5.74, 6) is 1.10. The number of carbonyl (C=O) groups is 1. The van der Waals surface area contributed by atoms with E-state index < -0.39 is 11.8 Å². The molecule has 2 saturated heterocycles. The minimum atomic E-state index is -0.936. The molecule has 4 aromatic rings. The minimum absolute atomic E-state index is 0.166. The Bertz CT molecular complexity index is 1550. The number of carboxylic acid groups (broad SMARTS) is 1. The summed E-state index contributed by atoms with van der Waals surface area (Å²) in [7, 11) is 1.94. The lowest BCUT2D eigenvalue weighted by Crippen LogP contribution is -2.35. The molecule has 1 N–H and O–H groups in total. The molecule has 11 heteroatoms. The number of likely N-dealkylation sites (tertiary alicyclic amines) is 1. The van der Waals surface area contributed by atoms with E-state index in [4.69, 9.17) is 19.2 Å². The van der Waals surface area contributed by atoms with Gasteiger partial charge in [0.05, 0.1) is 31.0 Å². The molecule has 204 valence electrons. The Labute approximate surface area is 229 Å². The van der Waals surface area contributed by atoms with Gasteiger partial charge in [0.25, 0.3) is 5.79 Å². The van der Waals surface area contributed by atoms with Crippen LogP contribution >= 0.6 is 11.3 Å². The van der Waals surface area contributed by atoms with Gasteiger partial charge < -0.3 is 28.5 Å². The molecule has 10 nitrogen and oxygen atoms in total. The van der Waals surface area contributed by atoms with Gasteiger partial charge in [0.15, 0.2) is 11.5 Å². The predicted octanol–water partition coefficient (Wildman–Crippen LogP) is 4.34. The van der Waals surface area contributed by atoms with Gasteiger partial charge in [-0.15, -0.1) is 11.3 Å². The highest BCUT2D eigenvalue weighted by atomic mass is 32.1. The molecule has 0 saturated carbocycles. The lowest BCUT2D eigenvalue weighted by atomic mass is 9.88. The van der Waals surface area contributed by atoms with E-state index in [1.165, 1.54) is 16.9 Å². The normalized spacial score (nSPS) is 23.4. The fraction of sp³-hybridized carbons (Fsp3) is 0.464. The topological polar surface area (TPSA) is 104 Å². The first kappa shape index (κ1) is 24.6. The number of aromatic nitrogens is 4. The minimum Gasteiger partial charge on any atom is -0.477 e. The zero-order valence-corrected chi connectivity index (χ0v) is 22.8. The summed E-state index contributed by atoms with van der Waals surface area (Å²) in [5.41, 5.74) is 2.84. The Morgan fingerprint density at radius 3 is 2.74 bits per heavy atom. The Morgan fingerprint density at radius 1 is 1.23 bits per heavy atom. The van der Waals surface area contributed by atoms with Crippen LogP contribution in [-0.2, 0) is 30.7 Å². The van der Waals surface area contributed by atoms with Crippen molar-refractivity contribution in [2.75, 3.05) is 19.7 Å². The van der Waals surface area contributed by atoms with Gasteiger partial charge in [-0.05, 0) is 50.4 Å². The largest absolute Gasteiger partial charge is 0.477 e. The van der Waals surface area contributed by atoms with Crippen LogP contribution in [0.5, 0.6) is 11.5 Å². The van der Waals surface area contributed by atoms with E-state index in [-0.39, 0.29) is 6.10 Å². The molecule has 0 bridgehead atoms. The molecule has 1 aromatic carbocycles. The molecule has 6 heterocycles. The summed E-state index contributed by atoms with van der Waals surface area (Å²) in [4.78, 5) is 24.4. The van der Waals surface area contributed by atoms with Gasteiger partial charge in [-0.3, -0.25) is 4.90 Å². The van der Waals surface area contributed by atoms with E-state index in [1.807, 2.05) is 36.9 Å². The number of thiophene rings is 1. The molecular formula is C28H31N5O5S. The van der Waals surface area contributed by atoms with Crippen LogP contribution in [0, 0.1) is 0 Å². The van der Waals surface area contributed by atoms with E-state index in [9.17, 15) is 9.90 Å². The lowest BCUT2D eigenvalue weighted by Gasteiger charge is -2.33. The van der Waals surface area contributed by atoms with Crippen LogP contribution in [0.25, 0.3) is 10.3 Å². The second-order valence-electron chi connectivity index (χ2n) is 10.8. The number of imidazole rings is 2. The third-order valence-electron chi connectivity index (χ3n) is 8.09. The first-order valence-electron chi connectivity index (χ1n) is 13.4. The zero-order valence-electron chi connectivity index (χ0n) is 22.0. The van der Waals surface area contributed by atoms with Crippen molar-refractivity contribution >= 4 is 27.7 Å². The fourth-order valence-electron chi connectivity index (χ4n) is 5.85. The maximum atomic E-state index is 11.5. The van der Waals surface area contributed by atoms with Crippen LogP contribution < -0.4 is 9.47 Å². The van der Waals surface area contributed by atoms with Gasteiger partial charge in [-0.25, -0.2) is 14.8 Å². The Balaban J connectivity index is 1.06. The van der Waals surface area contributed by atoms with Crippen molar-refractivity contribution < 1.29 is 24.1 Å². The van der Waals surface area contributed by atoms with Crippen LogP contribution in [0.1, 0.15) is 58.9 Å². The van der Waals surface area contributed by atoms with Crippen molar-refractivity contribution in [3.8, 4) is 11.5 Å². The molecule has 3 aromatic heterocycles. The standard InChI is InChI=1S/C28H31N5O5S/c1-28(23-14-31(2)16-29-23)37-21-5-3-4-19(25(21)38-28)17-6-9-32(10-7-17)15-24-30-26-20(12-22(39-26)27(34)35)33(24)13-18-8-11-36-18/h3-5,12,14,16-18H,6-11,13,15H2,1-2H3,(H,34,35)/t18-,28-/m0/s1. The summed E-state index contributed by atoms with van der Waals surface area (Å²) in [6, 6.07) is 7.92. The molecule has 0 spiro atoms. The average molecular weight is 550 g/mol. The molecule has 3 aliphatic rings. The molecule has 2 fully saturated rings. The molecule has 39 heavy (non-hydrogen) atoms. The third kappa shape index (κ3) is 4.38. The molecule has 0 unspecified atom stereocenters. The predicted molar refractivity (Wildman–Crippen MR) is 144 cm³/mol. The molecule has 3 aliphatic heterocycles. The quantitative estimate of drug-likeness (QED) is 0.363. The molecule has 0 radical (unpaired) electrons. The summed E-state index contributed by atoms with van der Waals surface area (Å²) >= 11 is 1.24. The molecule has 7 rings (SSSR count). The highest BCUT2D eigenvalue weighted by Gasteiger charge is 2.42. The Hall–Kier alpha value is -3.41. The summed E-state index contributed by atoms with van der Waals surface area (Å²) in [5, 5.41) is 9.45. The maximum Gasteiger partial charge on any atom is 0.346 e. The van der Waals surface area contributed by atoms with Crippen molar-refractivity contribution in [2.24, 2.45) is 7.05 Å². The van der Waals surface area contributed by atoms with Gasteiger partial charge >= 0.3 is 5.97 Å². The van der Waals surface area contributed by atoms with Gasteiger partial charge in [0, 0.05) is 32.3 Å². The summed E-state index contributed by atoms with van der Waals surface area (Å²) in [6.07, 6.45) is 6.88. The van der Waals surface area contributed by atoms with Crippen molar-refractivity contribution in [2.45, 2.75) is 57.1 Å². The maximum absolute atomic E-state index is 11.5. The van der Waals surface area contributed by atoms with Crippen LogP contribution in [0.2, 0.25) is 0 Å². The number of hydrogen-bond donors (Lipinski definition) is 1. The second-order valence-corrected chi connectivity index (χ2v) is 11.9. The number of aryl methyl sites for hydroxylation is 1. The number of fused-ring (bicyclic) bond motifs is 2. The number of piperidine rings is 1. The van der Waals surface area contributed by atoms with Crippen LogP contribution in [0.4, 0.5) is 0 Å². The number of para-hydroxylation sites is 1. The number of aromatic carboxylic acids is 1. The van der Waals surface area contributed by atoms with E-state index in [1.54, 1.807) is 12.4 Å². The fourth-order valence-corrected chi connectivity index (χ4v) is 6.74. The van der Waals surface area contributed by atoms with Crippen molar-refractivity contribution in [3.05, 3.63) is 58.7 Å². The van der Waals surface area contributed by atoms with E-state index in [0.29, 0.717) is 17.3 Å². The number of ether oxygens (including phenoxy) is 3. The first-order chi connectivity index (χ1) is 18.9. The highest BCUT2D eigenvalue weighted by Crippen LogP contribution is 2.49. The Kier molecular flexibility index (Phi) is 5.91. The third-order valence-corrected chi connectivity index (χ3v) is 9.10. The van der Waals surface area contributed by atoms with Crippen LogP contribution in [-0.4, -0.2) is 60.9 Å². The van der Waals surface area contributed by atoms with Gasteiger partial charge in [-0.2, -0.15) is 0 Å².